The molecule has 0 bridgehead atoms. The number of carbonyl (C=O) groups excluding carboxylic acids is 1. The average molecular weight is 475 g/mol. The molecule has 0 saturated carbocycles. The van der Waals surface area contributed by atoms with Crippen molar-refractivity contribution in [2.24, 2.45) is 0 Å². The lowest BCUT2D eigenvalue weighted by Crippen LogP contribution is -2.13. The van der Waals surface area contributed by atoms with Gasteiger partial charge in [0.05, 0.1) is 6.61 Å². The van der Waals surface area contributed by atoms with Crippen LogP contribution < -0.4 is 14.8 Å². The van der Waals surface area contributed by atoms with E-state index >= 15 is 0 Å². The van der Waals surface area contributed by atoms with Crippen molar-refractivity contribution >= 4 is 29.3 Å². The molecular formula is C28H27ClN2O3. The number of amides is 1. The number of aryl methyl sites for hydroxylation is 3. The van der Waals surface area contributed by atoms with E-state index < -0.39 is 5.91 Å². The van der Waals surface area contributed by atoms with Crippen LogP contribution in [0, 0.1) is 32.1 Å². The van der Waals surface area contributed by atoms with Gasteiger partial charge in [0.15, 0.2) is 11.5 Å². The minimum atomic E-state index is -0.518. The molecule has 0 fully saturated rings. The van der Waals surface area contributed by atoms with Crippen molar-refractivity contribution in [3.05, 3.63) is 93.0 Å². The van der Waals surface area contributed by atoms with Gasteiger partial charge < -0.3 is 14.8 Å². The Bertz CT molecular complexity index is 1280. The highest BCUT2D eigenvalue weighted by Gasteiger charge is 2.12. The van der Waals surface area contributed by atoms with Gasteiger partial charge in [-0.2, -0.15) is 5.26 Å². The summed E-state index contributed by atoms with van der Waals surface area (Å²) in [4.78, 5) is 12.6. The molecule has 1 amide bonds. The van der Waals surface area contributed by atoms with Crippen LogP contribution in [0.2, 0.25) is 5.02 Å². The zero-order valence-electron chi connectivity index (χ0n) is 19.7. The van der Waals surface area contributed by atoms with Crippen LogP contribution in [0.15, 0.2) is 60.2 Å². The first-order valence-electron chi connectivity index (χ1n) is 11.0. The maximum atomic E-state index is 12.6. The van der Waals surface area contributed by atoms with Crippen LogP contribution in [-0.4, -0.2) is 12.5 Å². The molecule has 0 saturated heterocycles. The van der Waals surface area contributed by atoms with Crippen molar-refractivity contribution in [1.82, 2.24) is 0 Å². The van der Waals surface area contributed by atoms with Crippen LogP contribution in [0.1, 0.15) is 34.7 Å². The normalized spacial score (nSPS) is 11.0. The number of nitriles is 1. The van der Waals surface area contributed by atoms with Crippen molar-refractivity contribution < 1.29 is 14.3 Å². The Labute approximate surface area is 205 Å². The van der Waals surface area contributed by atoms with E-state index in [0.29, 0.717) is 41.0 Å². The number of benzene rings is 3. The van der Waals surface area contributed by atoms with Crippen molar-refractivity contribution in [2.45, 2.75) is 34.3 Å². The molecule has 6 heteroatoms. The third-order valence-electron chi connectivity index (χ3n) is 5.34. The summed E-state index contributed by atoms with van der Waals surface area (Å²) in [5.74, 6) is 0.619. The van der Waals surface area contributed by atoms with Crippen molar-refractivity contribution in [1.29, 1.82) is 5.26 Å². The van der Waals surface area contributed by atoms with Crippen LogP contribution in [0.25, 0.3) is 6.08 Å². The molecule has 1 N–H and O–H groups in total. The molecule has 34 heavy (non-hydrogen) atoms. The van der Waals surface area contributed by atoms with Gasteiger partial charge >= 0.3 is 0 Å². The lowest BCUT2D eigenvalue weighted by molar-refractivity contribution is -0.112. The quantitative estimate of drug-likeness (QED) is 0.288. The number of anilines is 1. The van der Waals surface area contributed by atoms with Crippen LogP contribution in [0.4, 0.5) is 5.69 Å². The minimum Gasteiger partial charge on any atom is -0.490 e. The topological polar surface area (TPSA) is 71.3 Å². The second-order valence-corrected chi connectivity index (χ2v) is 8.34. The first kappa shape index (κ1) is 24.9. The SMILES string of the molecule is CCOc1cc(/C=C(\C#N)C(=O)Nc2ccc(C)c(Cl)c2)ccc1OCc1ccc(C)c(C)c1. The average Bonchev–Trinajstić information content (AvgIpc) is 2.81. The van der Waals surface area contributed by atoms with Gasteiger partial charge in [0.25, 0.3) is 5.91 Å². The fourth-order valence-electron chi connectivity index (χ4n) is 3.24. The predicted molar refractivity (Wildman–Crippen MR) is 136 cm³/mol. The summed E-state index contributed by atoms with van der Waals surface area (Å²) in [6.07, 6.45) is 1.51. The molecule has 0 aliphatic rings. The van der Waals surface area contributed by atoms with Gasteiger partial charge in [-0.05, 0) is 85.9 Å². The van der Waals surface area contributed by atoms with E-state index in [2.05, 4.69) is 31.3 Å². The number of carbonyl (C=O) groups is 1. The van der Waals surface area contributed by atoms with Crippen LogP contribution in [0.3, 0.4) is 0 Å². The van der Waals surface area contributed by atoms with E-state index in [1.807, 2.05) is 26.0 Å². The zero-order valence-corrected chi connectivity index (χ0v) is 20.5. The summed E-state index contributed by atoms with van der Waals surface area (Å²) in [7, 11) is 0. The molecule has 0 aromatic heterocycles. The first-order chi connectivity index (χ1) is 16.3. The molecule has 0 heterocycles. The van der Waals surface area contributed by atoms with E-state index in [1.165, 1.54) is 17.2 Å². The number of nitrogens with one attached hydrogen (secondary N) is 1. The first-order valence-corrected chi connectivity index (χ1v) is 11.3. The molecule has 0 unspecified atom stereocenters. The van der Waals surface area contributed by atoms with Crippen molar-refractivity contribution in [3.63, 3.8) is 0 Å². The predicted octanol–water partition coefficient (Wildman–Crippen LogP) is 6.79. The van der Waals surface area contributed by atoms with Crippen molar-refractivity contribution in [2.75, 3.05) is 11.9 Å². The third kappa shape index (κ3) is 6.40. The highest BCUT2D eigenvalue weighted by molar-refractivity contribution is 6.31. The summed E-state index contributed by atoms with van der Waals surface area (Å²) in [6.45, 7) is 8.76. The van der Waals surface area contributed by atoms with Crippen LogP contribution in [-0.2, 0) is 11.4 Å². The molecule has 0 atom stereocenters. The Morgan fingerprint density at radius 2 is 1.74 bits per heavy atom. The summed E-state index contributed by atoms with van der Waals surface area (Å²) < 4.78 is 11.8. The smallest absolute Gasteiger partial charge is 0.266 e. The van der Waals surface area contributed by atoms with Gasteiger partial charge in [0, 0.05) is 10.7 Å². The Morgan fingerprint density at radius 1 is 0.971 bits per heavy atom. The molecule has 3 aromatic rings. The Morgan fingerprint density at radius 3 is 2.41 bits per heavy atom. The van der Waals surface area contributed by atoms with E-state index in [0.717, 1.165) is 11.1 Å². The molecular weight excluding hydrogens is 448 g/mol. The second kappa shape index (κ2) is 11.4. The largest absolute Gasteiger partial charge is 0.490 e. The number of hydrogen-bond acceptors (Lipinski definition) is 4. The molecule has 0 aliphatic heterocycles. The summed E-state index contributed by atoms with van der Waals surface area (Å²) >= 11 is 6.13. The number of rotatable bonds is 8. The minimum absolute atomic E-state index is 0.0389. The molecule has 0 aliphatic carbocycles. The van der Waals surface area contributed by atoms with Gasteiger partial charge in [0.2, 0.25) is 0 Å². The number of nitrogens with zero attached hydrogens (tertiary/aromatic N) is 1. The summed E-state index contributed by atoms with van der Waals surface area (Å²) in [5.41, 5.74) is 5.54. The van der Waals surface area contributed by atoms with E-state index in [-0.39, 0.29) is 5.57 Å². The standard InChI is InChI=1S/C28H27ClN2O3/c1-5-33-27-14-21(9-11-26(27)34-17-22-8-6-18(2)20(4)12-22)13-23(16-30)28(32)31-24-10-7-19(3)25(29)15-24/h6-15H,5,17H2,1-4H3,(H,31,32)/b23-13+. The Hall–Kier alpha value is -3.75. The zero-order chi connectivity index (χ0) is 24.7. The Kier molecular flexibility index (Phi) is 8.34. The Balaban J connectivity index is 1.78. The van der Waals surface area contributed by atoms with Crippen LogP contribution in [0.5, 0.6) is 11.5 Å². The number of hydrogen-bond donors (Lipinski definition) is 1. The number of ether oxygens (including phenoxy) is 2. The molecule has 0 radical (unpaired) electrons. The maximum absolute atomic E-state index is 12.6. The lowest BCUT2D eigenvalue weighted by Gasteiger charge is -2.13. The maximum Gasteiger partial charge on any atom is 0.266 e. The van der Waals surface area contributed by atoms with Gasteiger partial charge in [-0.3, -0.25) is 4.79 Å². The highest BCUT2D eigenvalue weighted by Crippen LogP contribution is 2.30. The van der Waals surface area contributed by atoms with Gasteiger partial charge in [-0.15, -0.1) is 0 Å². The molecule has 3 rings (SSSR count). The fourth-order valence-corrected chi connectivity index (χ4v) is 3.42. The molecule has 3 aromatic carbocycles. The van der Waals surface area contributed by atoms with E-state index in [9.17, 15) is 10.1 Å². The van der Waals surface area contributed by atoms with Gasteiger partial charge in [-0.25, -0.2) is 0 Å². The summed E-state index contributed by atoms with van der Waals surface area (Å²) in [5, 5.41) is 12.8. The van der Waals surface area contributed by atoms with E-state index in [4.69, 9.17) is 21.1 Å². The molecule has 0 spiro atoms. The van der Waals surface area contributed by atoms with Crippen LogP contribution >= 0.6 is 11.6 Å². The third-order valence-corrected chi connectivity index (χ3v) is 5.75. The molecule has 5 nitrogen and oxygen atoms in total. The molecule has 174 valence electrons. The lowest BCUT2D eigenvalue weighted by atomic mass is 10.1. The van der Waals surface area contributed by atoms with E-state index in [1.54, 1.807) is 36.4 Å². The monoisotopic (exact) mass is 474 g/mol. The summed E-state index contributed by atoms with van der Waals surface area (Å²) in [6, 6.07) is 18.7. The van der Waals surface area contributed by atoms with Crippen molar-refractivity contribution in [3.8, 4) is 17.6 Å². The fraction of sp³-hybridized carbons (Fsp3) is 0.214. The van der Waals surface area contributed by atoms with Gasteiger partial charge in [0.1, 0.15) is 18.2 Å². The van der Waals surface area contributed by atoms with Gasteiger partial charge in [-0.1, -0.05) is 41.9 Å². The second-order valence-electron chi connectivity index (χ2n) is 7.93. The number of halogens is 1. The highest BCUT2D eigenvalue weighted by atomic mass is 35.5.